The molecule has 0 aromatic carbocycles. The van der Waals surface area contributed by atoms with Gasteiger partial charge in [0.1, 0.15) is 0 Å². The Labute approximate surface area is 245 Å². The highest BCUT2D eigenvalue weighted by molar-refractivity contribution is 4.68. The number of β-amino-alcohol motifs (C(OH)–C–C–N with tert-alkyl or cyclic N) is 1. The van der Waals surface area contributed by atoms with Crippen LogP contribution in [0.2, 0.25) is 0 Å². The third kappa shape index (κ3) is 66.0. The highest BCUT2D eigenvalue weighted by atomic mass is 16.5. The fourth-order valence-corrected chi connectivity index (χ4v) is 2.34. The van der Waals surface area contributed by atoms with Gasteiger partial charge < -0.3 is 66.4 Å². The quantitative estimate of drug-likeness (QED) is 0.0838. The van der Waals surface area contributed by atoms with Crippen LogP contribution in [0.15, 0.2) is 0 Å². The van der Waals surface area contributed by atoms with E-state index in [-0.39, 0.29) is 33.0 Å². The summed E-state index contributed by atoms with van der Waals surface area (Å²) in [5.74, 6) is 0. The lowest BCUT2D eigenvalue weighted by Crippen LogP contribution is -2.45. The number of hydrogen-bond donors (Lipinski definition) is 9. The number of nitrogens with two attached hydrogens (primary N) is 1. The van der Waals surface area contributed by atoms with Gasteiger partial charge in [0.05, 0.1) is 46.2 Å². The molecule has 0 saturated carbocycles. The number of likely N-dealkylation sites (N-methyl/N-ethyl adjacent to an activating group) is 3. The minimum absolute atomic E-state index is 0.0972. The molecule has 0 atom stereocenters. The van der Waals surface area contributed by atoms with Crippen molar-refractivity contribution in [1.29, 1.82) is 0 Å². The van der Waals surface area contributed by atoms with Crippen molar-refractivity contribution < 1.29 is 35.4 Å². The van der Waals surface area contributed by atoms with E-state index in [9.17, 15) is 0 Å². The van der Waals surface area contributed by atoms with Gasteiger partial charge in [-0.2, -0.15) is 0 Å². The summed E-state index contributed by atoms with van der Waals surface area (Å²) in [7, 11) is 13.5. The summed E-state index contributed by atoms with van der Waals surface area (Å²) in [6, 6.07) is 0. The zero-order valence-electron chi connectivity index (χ0n) is 26.9. The van der Waals surface area contributed by atoms with Gasteiger partial charge in [-0.25, -0.2) is 0 Å². The van der Waals surface area contributed by atoms with E-state index in [0.29, 0.717) is 32.8 Å². The summed E-state index contributed by atoms with van der Waals surface area (Å²) in [5, 5.41) is 54.8. The predicted molar refractivity (Wildman–Crippen MR) is 166 cm³/mol. The molecular formula is C26H69N7O7. The van der Waals surface area contributed by atoms with Gasteiger partial charge in [0.2, 0.25) is 0 Å². The fraction of sp³-hybridized carbons (Fsp3) is 1.00. The summed E-state index contributed by atoms with van der Waals surface area (Å²) in [6.45, 7) is 11.7. The summed E-state index contributed by atoms with van der Waals surface area (Å²) in [4.78, 5) is 8.69. The second-order valence-electron chi connectivity index (χ2n) is 9.08. The number of ether oxygens (including phenoxy) is 1. The van der Waals surface area contributed by atoms with Crippen LogP contribution >= 0.6 is 0 Å². The topological polar surface area (TPSA) is 194 Å². The number of aliphatic hydroxyl groups excluding tert-OH is 6. The Kier molecular flexibility index (Phi) is 59.2. The molecule has 40 heavy (non-hydrogen) atoms. The first-order chi connectivity index (χ1) is 19.1. The van der Waals surface area contributed by atoms with E-state index in [1.54, 1.807) is 14.2 Å². The number of aliphatic hydroxyl groups is 6. The number of hydrogen-bond acceptors (Lipinski definition) is 14. The van der Waals surface area contributed by atoms with Gasteiger partial charge >= 0.3 is 0 Å². The van der Waals surface area contributed by atoms with Gasteiger partial charge in [-0.1, -0.05) is 0 Å². The Morgan fingerprint density at radius 1 is 0.725 bits per heavy atom. The fourth-order valence-electron chi connectivity index (χ4n) is 2.34. The average Bonchev–Trinajstić information content (AvgIpc) is 2.92. The Balaban J connectivity index is -0.000000127. The summed E-state index contributed by atoms with van der Waals surface area (Å²) >= 11 is 0. The van der Waals surface area contributed by atoms with E-state index in [2.05, 4.69) is 51.2 Å². The molecule has 0 unspecified atom stereocenters. The van der Waals surface area contributed by atoms with Crippen molar-refractivity contribution in [1.82, 2.24) is 30.2 Å². The van der Waals surface area contributed by atoms with Gasteiger partial charge in [0.25, 0.3) is 0 Å². The maximum absolute atomic E-state index is 8.63. The molecule has 0 aromatic heterocycles. The van der Waals surface area contributed by atoms with Crippen LogP contribution in [-0.2, 0) is 4.74 Å². The largest absolute Gasteiger partial charge is 0.395 e. The van der Waals surface area contributed by atoms with Crippen molar-refractivity contribution in [3.63, 3.8) is 0 Å². The first kappa shape index (κ1) is 49.1. The molecule has 0 radical (unpaired) electrons. The summed E-state index contributed by atoms with van der Waals surface area (Å²) in [5.41, 5.74) is 4.78. The van der Waals surface area contributed by atoms with E-state index in [0.717, 1.165) is 58.8 Å². The number of methoxy groups -OCH3 is 1. The predicted octanol–water partition coefficient (Wildman–Crippen LogP) is -3.95. The molecule has 0 bridgehead atoms. The number of piperazine rings is 1. The molecule has 250 valence electrons. The van der Waals surface area contributed by atoms with Crippen molar-refractivity contribution in [2.45, 2.75) is 6.42 Å². The standard InChI is InChI=1S/C7H16N2O.C7H18N2O.C4H11NO.C3H9NO.C3H8O2.C2H7NO/c1-8-2-4-9(5-3-8)6-7-10;1-9(2)6-3-4-8-5-7-10;1-5(2)3-4-6;1-4-2-3-5;1-5-3-2-4;3-1-2-4/h10H,2-7H2,1H3;8,10H,3-7H2,1-2H3;6H,3-4H2,1-2H3;4-5H,2-3H2,1H3;4H,2-3H2,1H3;4H,1-3H2. The van der Waals surface area contributed by atoms with Gasteiger partial charge in [-0.05, 0) is 61.8 Å². The molecule has 10 N–H and O–H groups in total. The minimum Gasteiger partial charge on any atom is -0.395 e. The first-order valence-electron chi connectivity index (χ1n) is 14.0. The molecule has 0 aliphatic carbocycles. The summed E-state index contributed by atoms with van der Waals surface area (Å²) < 4.78 is 4.44. The van der Waals surface area contributed by atoms with Gasteiger partial charge in [-0.15, -0.1) is 0 Å². The zero-order valence-corrected chi connectivity index (χ0v) is 26.9. The SMILES string of the molecule is CN(C)CCCNCCO.CN(C)CCO.CN1CCN(CCO)CC1.CNCCO.COCCO.NCCO. The second-order valence-corrected chi connectivity index (χ2v) is 9.08. The van der Waals surface area contributed by atoms with Crippen molar-refractivity contribution in [3.05, 3.63) is 0 Å². The van der Waals surface area contributed by atoms with E-state index in [4.69, 9.17) is 36.4 Å². The molecule has 1 aliphatic rings. The molecule has 1 aliphatic heterocycles. The van der Waals surface area contributed by atoms with Gasteiger partial charge in [0.15, 0.2) is 0 Å². The smallest absolute Gasteiger partial charge is 0.0693 e. The normalized spacial score (nSPS) is 12.9. The highest BCUT2D eigenvalue weighted by Crippen LogP contribution is 1.96. The first-order valence-corrected chi connectivity index (χ1v) is 14.0. The second kappa shape index (κ2) is 48.2. The van der Waals surface area contributed by atoms with E-state index in [1.807, 2.05) is 19.0 Å². The molecule has 0 spiro atoms. The molecule has 14 heteroatoms. The third-order valence-electron chi connectivity index (χ3n) is 4.59. The highest BCUT2D eigenvalue weighted by Gasteiger charge is 2.11. The number of nitrogens with zero attached hydrogens (tertiary/aromatic N) is 4. The van der Waals surface area contributed by atoms with Crippen LogP contribution in [0.4, 0.5) is 0 Å². The summed E-state index contributed by atoms with van der Waals surface area (Å²) in [6.07, 6.45) is 1.15. The Bertz CT molecular complexity index is 373. The lowest BCUT2D eigenvalue weighted by Gasteiger charge is -2.31. The molecule has 1 fully saturated rings. The number of nitrogens with one attached hydrogen (secondary N) is 2. The van der Waals surface area contributed by atoms with Crippen molar-refractivity contribution in [3.8, 4) is 0 Å². The van der Waals surface area contributed by atoms with E-state index < -0.39 is 0 Å². The van der Waals surface area contributed by atoms with Crippen LogP contribution < -0.4 is 16.4 Å². The van der Waals surface area contributed by atoms with E-state index >= 15 is 0 Å². The maximum atomic E-state index is 8.63. The van der Waals surface area contributed by atoms with Crippen LogP contribution in [0.25, 0.3) is 0 Å². The van der Waals surface area contributed by atoms with Crippen LogP contribution in [0.3, 0.4) is 0 Å². The molecule has 1 heterocycles. The monoisotopic (exact) mass is 592 g/mol. The average molecular weight is 592 g/mol. The van der Waals surface area contributed by atoms with Crippen molar-refractivity contribution in [2.75, 3.05) is 168 Å². The van der Waals surface area contributed by atoms with Gasteiger partial charge in [0, 0.05) is 66.0 Å². The van der Waals surface area contributed by atoms with Gasteiger partial charge in [-0.3, -0.25) is 4.90 Å². The molecule has 1 rings (SSSR count). The Hall–Kier alpha value is -0.560. The zero-order chi connectivity index (χ0) is 31.9. The molecule has 0 amide bonds. The lowest BCUT2D eigenvalue weighted by atomic mass is 10.3. The van der Waals surface area contributed by atoms with E-state index in [1.165, 1.54) is 0 Å². The number of rotatable bonds is 15. The van der Waals surface area contributed by atoms with Crippen LogP contribution in [0, 0.1) is 0 Å². The minimum atomic E-state index is 0.0972. The lowest BCUT2D eigenvalue weighted by molar-refractivity contribution is 0.128. The van der Waals surface area contributed by atoms with Crippen LogP contribution in [0.5, 0.6) is 0 Å². The third-order valence-corrected chi connectivity index (χ3v) is 4.59. The van der Waals surface area contributed by atoms with Crippen LogP contribution in [-0.4, -0.2) is 218 Å². The molecule has 1 saturated heterocycles. The molecule has 14 nitrogen and oxygen atoms in total. The van der Waals surface area contributed by atoms with Crippen molar-refractivity contribution in [2.24, 2.45) is 5.73 Å². The maximum Gasteiger partial charge on any atom is 0.0693 e. The Morgan fingerprint density at radius 3 is 1.50 bits per heavy atom. The van der Waals surface area contributed by atoms with Crippen LogP contribution in [0.1, 0.15) is 6.42 Å². The van der Waals surface area contributed by atoms with Crippen molar-refractivity contribution >= 4 is 0 Å². The molecular weight excluding hydrogens is 522 g/mol. The molecule has 0 aromatic rings. The Morgan fingerprint density at radius 2 is 1.25 bits per heavy atom.